The number of hydrogen-bond acceptors (Lipinski definition) is 4. The van der Waals surface area contributed by atoms with Crippen molar-refractivity contribution in [2.45, 2.75) is 24.3 Å². The number of fused-ring (bicyclic) bond motifs is 1. The third-order valence-electron chi connectivity index (χ3n) is 2.48. The van der Waals surface area contributed by atoms with Gasteiger partial charge < -0.3 is 0 Å². The standard InChI is InChI=1S/C9H11ClN2O2S/c10-4-5-15(13,14)9-7-2-1-3-8(7)11-6-12-9/h6H,1-5H2. The smallest absolute Gasteiger partial charge is 0.197 e. The monoisotopic (exact) mass is 246 g/mol. The first-order chi connectivity index (χ1) is 7.15. The van der Waals surface area contributed by atoms with Gasteiger partial charge in [0, 0.05) is 17.1 Å². The zero-order valence-corrected chi connectivity index (χ0v) is 9.68. The molecule has 0 fully saturated rings. The second-order valence-electron chi connectivity index (χ2n) is 3.47. The Balaban J connectivity index is 2.50. The van der Waals surface area contributed by atoms with Crippen LogP contribution in [0.2, 0.25) is 0 Å². The summed E-state index contributed by atoms with van der Waals surface area (Å²) in [6, 6.07) is 0. The molecule has 82 valence electrons. The minimum atomic E-state index is -3.32. The lowest BCUT2D eigenvalue weighted by Crippen LogP contribution is -2.13. The van der Waals surface area contributed by atoms with Gasteiger partial charge in [-0.15, -0.1) is 11.6 Å². The molecule has 0 saturated heterocycles. The van der Waals surface area contributed by atoms with Gasteiger partial charge in [0.05, 0.1) is 5.75 Å². The minimum absolute atomic E-state index is 0.0575. The minimum Gasteiger partial charge on any atom is -0.241 e. The lowest BCUT2D eigenvalue weighted by Gasteiger charge is -2.05. The summed E-state index contributed by atoms with van der Waals surface area (Å²) in [5.74, 6) is 0.0408. The fraction of sp³-hybridized carbons (Fsp3) is 0.556. The molecule has 0 spiro atoms. The molecule has 1 aromatic heterocycles. The summed E-state index contributed by atoms with van der Waals surface area (Å²) in [7, 11) is -3.32. The van der Waals surface area contributed by atoms with Crippen molar-refractivity contribution in [2.75, 3.05) is 11.6 Å². The van der Waals surface area contributed by atoms with Gasteiger partial charge in [0.1, 0.15) is 6.33 Å². The molecule has 0 aliphatic heterocycles. The maximum absolute atomic E-state index is 11.8. The van der Waals surface area contributed by atoms with Crippen LogP contribution >= 0.6 is 11.6 Å². The van der Waals surface area contributed by atoms with Crippen LogP contribution < -0.4 is 0 Å². The van der Waals surface area contributed by atoms with Crippen LogP contribution in [0.25, 0.3) is 0 Å². The van der Waals surface area contributed by atoms with E-state index in [-0.39, 0.29) is 16.7 Å². The van der Waals surface area contributed by atoms with E-state index in [0.717, 1.165) is 30.5 Å². The summed E-state index contributed by atoms with van der Waals surface area (Å²) >= 11 is 5.46. The van der Waals surface area contributed by atoms with Gasteiger partial charge in [0.15, 0.2) is 14.9 Å². The molecule has 6 heteroatoms. The fourth-order valence-corrected chi connectivity index (χ4v) is 3.60. The van der Waals surface area contributed by atoms with Crippen molar-refractivity contribution in [1.82, 2.24) is 9.97 Å². The Morgan fingerprint density at radius 3 is 2.87 bits per heavy atom. The Labute approximate surface area is 93.6 Å². The fourth-order valence-electron chi connectivity index (χ4n) is 1.80. The van der Waals surface area contributed by atoms with Gasteiger partial charge in [-0.1, -0.05) is 0 Å². The van der Waals surface area contributed by atoms with Crippen LogP contribution in [0, 0.1) is 0 Å². The van der Waals surface area contributed by atoms with Gasteiger partial charge in [0.25, 0.3) is 0 Å². The van der Waals surface area contributed by atoms with E-state index < -0.39 is 9.84 Å². The Bertz CT molecular complexity index is 473. The molecule has 0 bridgehead atoms. The second kappa shape index (κ2) is 4.06. The zero-order chi connectivity index (χ0) is 10.9. The lowest BCUT2D eigenvalue weighted by atomic mass is 10.3. The van der Waals surface area contributed by atoms with Crippen LogP contribution in [0.15, 0.2) is 11.4 Å². The number of nitrogens with zero attached hydrogens (tertiary/aromatic N) is 2. The van der Waals surface area contributed by atoms with Crippen LogP contribution in [0.5, 0.6) is 0 Å². The molecule has 15 heavy (non-hydrogen) atoms. The molecule has 0 N–H and O–H groups in total. The zero-order valence-electron chi connectivity index (χ0n) is 8.11. The van der Waals surface area contributed by atoms with Crippen LogP contribution in [-0.2, 0) is 22.7 Å². The molecule has 0 saturated carbocycles. The van der Waals surface area contributed by atoms with E-state index in [1.807, 2.05) is 0 Å². The van der Waals surface area contributed by atoms with Crippen molar-refractivity contribution in [3.05, 3.63) is 17.6 Å². The molecule has 1 heterocycles. The summed E-state index contributed by atoms with van der Waals surface area (Å²) in [5, 5.41) is 0.186. The number of rotatable bonds is 3. The maximum atomic E-state index is 11.8. The molecule has 1 aliphatic rings. The third-order valence-corrected chi connectivity index (χ3v) is 4.57. The average Bonchev–Trinajstić information content (AvgIpc) is 2.64. The van der Waals surface area contributed by atoms with Gasteiger partial charge in [-0.05, 0) is 19.3 Å². The van der Waals surface area contributed by atoms with Gasteiger partial charge >= 0.3 is 0 Å². The predicted octanol–water partition coefficient (Wildman–Crippen LogP) is 0.978. The Kier molecular flexibility index (Phi) is 2.93. The molecule has 1 aliphatic carbocycles. The number of halogens is 1. The van der Waals surface area contributed by atoms with Gasteiger partial charge in [0.2, 0.25) is 0 Å². The molecule has 0 amide bonds. The van der Waals surface area contributed by atoms with Crippen molar-refractivity contribution < 1.29 is 8.42 Å². The molecular formula is C9H11ClN2O2S. The summed E-state index contributed by atoms with van der Waals surface area (Å²) in [6.45, 7) is 0. The summed E-state index contributed by atoms with van der Waals surface area (Å²) in [5.41, 5.74) is 1.67. The average molecular weight is 247 g/mol. The third kappa shape index (κ3) is 1.99. The molecule has 1 aromatic rings. The van der Waals surface area contributed by atoms with E-state index in [1.54, 1.807) is 0 Å². The highest BCUT2D eigenvalue weighted by molar-refractivity contribution is 7.91. The van der Waals surface area contributed by atoms with E-state index in [9.17, 15) is 8.42 Å². The first kappa shape index (κ1) is 10.8. The van der Waals surface area contributed by atoms with Crippen LogP contribution in [0.4, 0.5) is 0 Å². The first-order valence-corrected chi connectivity index (χ1v) is 6.95. The number of hydrogen-bond donors (Lipinski definition) is 0. The van der Waals surface area contributed by atoms with Gasteiger partial charge in [-0.3, -0.25) is 0 Å². The molecular weight excluding hydrogens is 236 g/mol. The number of aryl methyl sites for hydroxylation is 1. The summed E-state index contributed by atoms with van der Waals surface area (Å²) in [6.07, 6.45) is 3.89. The summed E-state index contributed by atoms with van der Waals surface area (Å²) in [4.78, 5) is 7.97. The Morgan fingerprint density at radius 1 is 1.33 bits per heavy atom. The number of sulfone groups is 1. The van der Waals surface area contributed by atoms with Crippen molar-refractivity contribution in [3.63, 3.8) is 0 Å². The lowest BCUT2D eigenvalue weighted by molar-refractivity contribution is 0.591. The van der Waals surface area contributed by atoms with E-state index >= 15 is 0 Å². The van der Waals surface area contributed by atoms with Crippen molar-refractivity contribution >= 4 is 21.4 Å². The van der Waals surface area contributed by atoms with E-state index in [1.165, 1.54) is 6.33 Å². The first-order valence-electron chi connectivity index (χ1n) is 4.76. The topological polar surface area (TPSA) is 59.9 Å². The van der Waals surface area contributed by atoms with Crippen molar-refractivity contribution in [1.29, 1.82) is 0 Å². The highest BCUT2D eigenvalue weighted by Crippen LogP contribution is 2.25. The van der Waals surface area contributed by atoms with E-state index in [4.69, 9.17) is 11.6 Å². The largest absolute Gasteiger partial charge is 0.241 e. The van der Waals surface area contributed by atoms with Crippen LogP contribution in [-0.4, -0.2) is 30.0 Å². The Morgan fingerprint density at radius 2 is 2.13 bits per heavy atom. The molecule has 0 radical (unpaired) electrons. The molecule has 4 nitrogen and oxygen atoms in total. The number of alkyl halides is 1. The Hall–Kier alpha value is -0.680. The molecule has 0 atom stereocenters. The predicted molar refractivity (Wildman–Crippen MR) is 56.8 cm³/mol. The molecule has 0 aromatic carbocycles. The molecule has 0 unspecified atom stereocenters. The SMILES string of the molecule is O=S(=O)(CCCl)c1ncnc2c1CCC2. The summed E-state index contributed by atoms with van der Waals surface area (Å²) < 4.78 is 23.6. The highest BCUT2D eigenvalue weighted by atomic mass is 35.5. The van der Waals surface area contributed by atoms with Crippen molar-refractivity contribution in [3.8, 4) is 0 Å². The second-order valence-corrected chi connectivity index (χ2v) is 5.87. The molecule has 2 rings (SSSR count). The quantitative estimate of drug-likeness (QED) is 0.589. The van der Waals surface area contributed by atoms with E-state index in [0.29, 0.717) is 0 Å². The number of aromatic nitrogens is 2. The van der Waals surface area contributed by atoms with Gasteiger partial charge in [-0.2, -0.15) is 0 Å². The maximum Gasteiger partial charge on any atom is 0.197 e. The highest BCUT2D eigenvalue weighted by Gasteiger charge is 2.25. The normalized spacial score (nSPS) is 15.3. The van der Waals surface area contributed by atoms with Crippen LogP contribution in [0.3, 0.4) is 0 Å². The van der Waals surface area contributed by atoms with Crippen LogP contribution in [0.1, 0.15) is 17.7 Å². The van der Waals surface area contributed by atoms with Gasteiger partial charge in [-0.25, -0.2) is 18.4 Å². The van der Waals surface area contributed by atoms with E-state index in [2.05, 4.69) is 9.97 Å². The van der Waals surface area contributed by atoms with Crippen molar-refractivity contribution in [2.24, 2.45) is 0 Å².